The highest BCUT2D eigenvalue weighted by atomic mass is 16.5. The van der Waals surface area contributed by atoms with Crippen molar-refractivity contribution in [2.45, 2.75) is 24.9 Å². The molecule has 0 unspecified atom stereocenters. The van der Waals surface area contributed by atoms with E-state index in [-0.39, 0.29) is 12.4 Å². The molecule has 3 aromatic carbocycles. The molecule has 9 nitrogen and oxygen atoms in total. The molecule has 3 atom stereocenters. The minimum atomic E-state index is -0.793. The van der Waals surface area contributed by atoms with Gasteiger partial charge in [-0.2, -0.15) is 0 Å². The summed E-state index contributed by atoms with van der Waals surface area (Å²) in [4.78, 5) is 13.0. The van der Waals surface area contributed by atoms with E-state index in [2.05, 4.69) is 56.7 Å². The quantitative estimate of drug-likeness (QED) is 0.312. The van der Waals surface area contributed by atoms with Gasteiger partial charge in [0.15, 0.2) is 17.0 Å². The maximum atomic E-state index is 10.3. The molecular weight excluding hydrogens is 420 g/mol. The largest absolute Gasteiger partial charge is 0.394 e. The molecule has 1 fully saturated rings. The first-order chi connectivity index (χ1) is 16.1. The number of anilines is 3. The van der Waals surface area contributed by atoms with E-state index in [1.807, 2.05) is 18.2 Å². The summed E-state index contributed by atoms with van der Waals surface area (Å²) in [6.45, 7) is -0.275. The standard InChI is InChI=1S/C24H22N6O3/c25-22-21-23(27-12-26-22)30(20-10-18(32)19(11-31)33-20)24(29-21)28-15-7-8-17-14(9-15)6-5-13-3-1-2-4-16(13)17/h1-9,12,18-20,31-32H,10-11H2,(H,28,29)(H2,25,26,27)/t18-,19+,20+/m0/s1. The van der Waals surface area contributed by atoms with E-state index in [4.69, 9.17) is 10.5 Å². The van der Waals surface area contributed by atoms with Gasteiger partial charge in [0, 0.05) is 12.1 Å². The highest BCUT2D eigenvalue weighted by Crippen LogP contribution is 2.36. The molecule has 0 spiro atoms. The highest BCUT2D eigenvalue weighted by Gasteiger charge is 2.37. The van der Waals surface area contributed by atoms with Crippen LogP contribution in [0.5, 0.6) is 0 Å². The summed E-state index contributed by atoms with van der Waals surface area (Å²) in [6, 6.07) is 18.6. The number of aliphatic hydroxyl groups is 2. The first-order valence-corrected chi connectivity index (χ1v) is 10.7. The summed E-state index contributed by atoms with van der Waals surface area (Å²) in [5.74, 6) is 0.720. The number of nitrogen functional groups attached to an aromatic ring is 1. The Bertz CT molecular complexity index is 1500. The number of imidazole rings is 1. The lowest BCUT2D eigenvalue weighted by Gasteiger charge is -2.17. The van der Waals surface area contributed by atoms with Crippen molar-refractivity contribution in [2.24, 2.45) is 0 Å². The summed E-state index contributed by atoms with van der Waals surface area (Å²) < 4.78 is 7.65. The lowest BCUT2D eigenvalue weighted by Crippen LogP contribution is -2.24. The normalized spacial score (nSPS) is 20.7. The third-order valence-corrected chi connectivity index (χ3v) is 6.18. The lowest BCUT2D eigenvalue weighted by molar-refractivity contribution is -0.0425. The van der Waals surface area contributed by atoms with Gasteiger partial charge in [-0.3, -0.25) is 4.57 Å². The number of ether oxygens (including phenoxy) is 1. The molecule has 0 bridgehead atoms. The van der Waals surface area contributed by atoms with Gasteiger partial charge in [-0.25, -0.2) is 15.0 Å². The average molecular weight is 442 g/mol. The van der Waals surface area contributed by atoms with Gasteiger partial charge in [0.1, 0.15) is 18.7 Å². The topological polar surface area (TPSA) is 131 Å². The van der Waals surface area contributed by atoms with Crippen LogP contribution in [0.4, 0.5) is 17.5 Å². The minimum Gasteiger partial charge on any atom is -0.394 e. The van der Waals surface area contributed by atoms with Gasteiger partial charge in [-0.15, -0.1) is 0 Å². The fourth-order valence-corrected chi connectivity index (χ4v) is 4.54. The van der Waals surface area contributed by atoms with Gasteiger partial charge in [0.2, 0.25) is 5.95 Å². The minimum absolute atomic E-state index is 0.254. The summed E-state index contributed by atoms with van der Waals surface area (Å²) in [7, 11) is 0. The van der Waals surface area contributed by atoms with Crippen molar-refractivity contribution in [1.29, 1.82) is 0 Å². The number of hydrogen-bond donors (Lipinski definition) is 4. The number of aromatic nitrogens is 4. The van der Waals surface area contributed by atoms with Gasteiger partial charge < -0.3 is 26.0 Å². The summed E-state index contributed by atoms with van der Waals surface area (Å²) in [6.07, 6.45) is -0.371. The Morgan fingerprint density at radius 3 is 2.73 bits per heavy atom. The van der Waals surface area contributed by atoms with Crippen molar-refractivity contribution < 1.29 is 14.9 Å². The molecule has 0 saturated carbocycles. The Labute approximate surface area is 188 Å². The zero-order valence-corrected chi connectivity index (χ0v) is 17.6. The Morgan fingerprint density at radius 1 is 1.06 bits per heavy atom. The molecule has 3 heterocycles. The van der Waals surface area contributed by atoms with Crippen LogP contribution >= 0.6 is 0 Å². The smallest absolute Gasteiger partial charge is 0.211 e. The van der Waals surface area contributed by atoms with Gasteiger partial charge >= 0.3 is 0 Å². The molecule has 1 aliphatic rings. The Balaban J connectivity index is 1.44. The number of aliphatic hydroxyl groups excluding tert-OH is 2. The van der Waals surface area contributed by atoms with Crippen LogP contribution in [0.1, 0.15) is 12.6 Å². The van der Waals surface area contributed by atoms with Crippen LogP contribution in [-0.2, 0) is 4.74 Å². The fraction of sp³-hybridized carbons (Fsp3) is 0.208. The fourth-order valence-electron chi connectivity index (χ4n) is 4.54. The molecule has 0 amide bonds. The summed E-state index contributed by atoms with van der Waals surface area (Å²) in [5.41, 5.74) is 7.82. The van der Waals surface area contributed by atoms with Crippen LogP contribution in [0.25, 0.3) is 32.7 Å². The van der Waals surface area contributed by atoms with E-state index in [0.29, 0.717) is 23.5 Å². The second kappa shape index (κ2) is 7.66. The monoisotopic (exact) mass is 442 g/mol. The lowest BCUT2D eigenvalue weighted by atomic mass is 10.0. The van der Waals surface area contributed by atoms with Crippen molar-refractivity contribution in [2.75, 3.05) is 17.7 Å². The number of nitrogens with two attached hydrogens (primary N) is 1. The molecule has 1 aliphatic heterocycles. The molecule has 5 N–H and O–H groups in total. The molecular formula is C24H22N6O3. The highest BCUT2D eigenvalue weighted by molar-refractivity contribution is 6.08. The van der Waals surface area contributed by atoms with E-state index >= 15 is 0 Å². The number of rotatable bonds is 4. The maximum Gasteiger partial charge on any atom is 0.211 e. The van der Waals surface area contributed by atoms with Crippen molar-refractivity contribution in [1.82, 2.24) is 19.5 Å². The van der Waals surface area contributed by atoms with Gasteiger partial charge in [0.05, 0.1) is 12.7 Å². The number of hydrogen-bond acceptors (Lipinski definition) is 8. The van der Waals surface area contributed by atoms with E-state index in [1.165, 1.54) is 17.1 Å². The molecule has 33 heavy (non-hydrogen) atoms. The predicted octanol–water partition coefficient (Wildman–Crippen LogP) is 3.10. The van der Waals surface area contributed by atoms with Gasteiger partial charge in [-0.1, -0.05) is 42.5 Å². The number of nitrogens with one attached hydrogen (secondary N) is 1. The van der Waals surface area contributed by atoms with Gasteiger partial charge in [-0.05, 0) is 33.7 Å². The van der Waals surface area contributed by atoms with Crippen LogP contribution in [-0.4, -0.2) is 48.5 Å². The number of fused-ring (bicyclic) bond motifs is 4. The van der Waals surface area contributed by atoms with Crippen molar-refractivity contribution >= 4 is 50.2 Å². The SMILES string of the molecule is Nc1ncnc2c1nc(Nc1ccc3c(ccc4ccccc43)c1)n2[C@H]1C[C@H](O)[C@@H](CO)O1. The van der Waals surface area contributed by atoms with Crippen molar-refractivity contribution in [3.05, 3.63) is 60.9 Å². The van der Waals surface area contributed by atoms with E-state index in [1.54, 1.807) is 4.57 Å². The Hall–Kier alpha value is -3.79. The first kappa shape index (κ1) is 19.9. The molecule has 9 heteroatoms. The van der Waals surface area contributed by atoms with E-state index in [0.717, 1.165) is 16.5 Å². The zero-order chi connectivity index (χ0) is 22.5. The average Bonchev–Trinajstić information content (AvgIpc) is 3.39. The Morgan fingerprint density at radius 2 is 1.88 bits per heavy atom. The van der Waals surface area contributed by atoms with Crippen LogP contribution in [0.3, 0.4) is 0 Å². The van der Waals surface area contributed by atoms with E-state index in [9.17, 15) is 10.2 Å². The van der Waals surface area contributed by atoms with Crippen LogP contribution in [0.15, 0.2) is 60.9 Å². The Kier molecular flexibility index (Phi) is 4.61. The molecule has 0 aliphatic carbocycles. The summed E-state index contributed by atoms with van der Waals surface area (Å²) in [5, 5.41) is 27.8. The summed E-state index contributed by atoms with van der Waals surface area (Å²) >= 11 is 0. The molecule has 0 radical (unpaired) electrons. The molecule has 2 aromatic heterocycles. The maximum absolute atomic E-state index is 10.3. The first-order valence-electron chi connectivity index (χ1n) is 10.7. The predicted molar refractivity (Wildman–Crippen MR) is 126 cm³/mol. The molecule has 5 aromatic rings. The second-order valence-corrected chi connectivity index (χ2v) is 8.20. The van der Waals surface area contributed by atoms with Crippen LogP contribution < -0.4 is 11.1 Å². The second-order valence-electron chi connectivity index (χ2n) is 8.20. The molecule has 6 rings (SSSR count). The third kappa shape index (κ3) is 3.25. The zero-order valence-electron chi connectivity index (χ0n) is 17.6. The van der Waals surface area contributed by atoms with Crippen molar-refractivity contribution in [3.8, 4) is 0 Å². The van der Waals surface area contributed by atoms with E-state index < -0.39 is 18.4 Å². The number of nitrogens with zero attached hydrogens (tertiary/aromatic N) is 4. The van der Waals surface area contributed by atoms with Gasteiger partial charge in [0.25, 0.3) is 0 Å². The van der Waals surface area contributed by atoms with Crippen LogP contribution in [0, 0.1) is 0 Å². The van der Waals surface area contributed by atoms with Crippen LogP contribution in [0.2, 0.25) is 0 Å². The van der Waals surface area contributed by atoms with Crippen molar-refractivity contribution in [3.63, 3.8) is 0 Å². The third-order valence-electron chi connectivity index (χ3n) is 6.18. The molecule has 166 valence electrons. The molecule has 1 saturated heterocycles. The number of benzene rings is 3.